The summed E-state index contributed by atoms with van der Waals surface area (Å²) in [6, 6.07) is 42.6. The predicted molar refractivity (Wildman–Crippen MR) is 137 cm³/mol. The van der Waals surface area contributed by atoms with Crippen molar-refractivity contribution in [1.82, 2.24) is 4.98 Å². The van der Waals surface area contributed by atoms with Gasteiger partial charge in [0.15, 0.2) is 0 Å². The third-order valence-electron chi connectivity index (χ3n) is 5.67. The van der Waals surface area contributed by atoms with Crippen molar-refractivity contribution in [3.63, 3.8) is 0 Å². The first-order valence-corrected chi connectivity index (χ1v) is 11.5. The van der Waals surface area contributed by atoms with Gasteiger partial charge in [-0.25, -0.2) is 4.98 Å². The number of hydrogen-bond acceptors (Lipinski definition) is 3. The summed E-state index contributed by atoms with van der Waals surface area (Å²) in [5.74, 6) is 0. The molecule has 152 valence electrons. The molecule has 0 unspecified atom stereocenters. The lowest BCUT2D eigenvalue weighted by molar-refractivity contribution is 1.30. The van der Waals surface area contributed by atoms with Gasteiger partial charge in [0.2, 0.25) is 0 Å². The van der Waals surface area contributed by atoms with Crippen LogP contribution in [-0.4, -0.2) is 4.98 Å². The Bertz CT molecular complexity index is 1520. The van der Waals surface area contributed by atoms with Crippen molar-refractivity contribution in [2.45, 2.75) is 0 Å². The molecule has 0 aliphatic carbocycles. The third-order valence-corrected chi connectivity index (χ3v) is 6.74. The van der Waals surface area contributed by atoms with E-state index in [0.717, 1.165) is 27.5 Å². The quantitative estimate of drug-likeness (QED) is 0.279. The van der Waals surface area contributed by atoms with E-state index in [1.807, 2.05) is 6.07 Å². The minimum Gasteiger partial charge on any atom is -0.310 e. The molecule has 0 bridgehead atoms. The summed E-state index contributed by atoms with van der Waals surface area (Å²) in [6.07, 6.45) is 0. The van der Waals surface area contributed by atoms with Crippen LogP contribution in [0.3, 0.4) is 0 Å². The molecule has 1 heterocycles. The summed E-state index contributed by atoms with van der Waals surface area (Å²) in [5, 5.41) is 3.51. The maximum Gasteiger partial charge on any atom is 0.124 e. The van der Waals surface area contributed by atoms with Gasteiger partial charge in [0.05, 0.1) is 15.9 Å². The van der Waals surface area contributed by atoms with Crippen LogP contribution in [-0.2, 0) is 0 Å². The molecule has 0 amide bonds. The summed E-state index contributed by atoms with van der Waals surface area (Å²) in [5.41, 5.74) is 5.62. The monoisotopic (exact) mass is 428 g/mol. The maximum atomic E-state index is 4.88. The lowest BCUT2D eigenvalue weighted by Crippen LogP contribution is -2.10. The summed E-state index contributed by atoms with van der Waals surface area (Å²) in [4.78, 5) is 7.22. The second-order valence-electron chi connectivity index (χ2n) is 7.71. The zero-order valence-electron chi connectivity index (χ0n) is 17.3. The summed E-state index contributed by atoms with van der Waals surface area (Å²) >= 11 is 1.74. The fraction of sp³-hybridized carbons (Fsp3) is 0. The van der Waals surface area contributed by atoms with E-state index in [2.05, 4.69) is 120 Å². The Morgan fingerprint density at radius 2 is 1.31 bits per heavy atom. The molecule has 0 aliphatic rings. The highest BCUT2D eigenvalue weighted by atomic mass is 32.1. The molecule has 0 saturated heterocycles. The van der Waals surface area contributed by atoms with Gasteiger partial charge in [0.25, 0.3) is 0 Å². The Balaban J connectivity index is 1.54. The van der Waals surface area contributed by atoms with E-state index in [0.29, 0.717) is 0 Å². The van der Waals surface area contributed by atoms with Gasteiger partial charge in [-0.1, -0.05) is 84.9 Å². The highest BCUT2D eigenvalue weighted by Crippen LogP contribution is 2.41. The number of para-hydroxylation sites is 1. The van der Waals surface area contributed by atoms with Gasteiger partial charge in [0, 0.05) is 22.3 Å². The van der Waals surface area contributed by atoms with E-state index in [1.165, 1.54) is 21.2 Å². The molecule has 0 aliphatic heterocycles. The number of thiazole rings is 1. The summed E-state index contributed by atoms with van der Waals surface area (Å²) < 4.78 is 1.18. The number of nitrogens with zero attached hydrogens (tertiary/aromatic N) is 2. The summed E-state index contributed by atoms with van der Waals surface area (Å²) in [6.45, 7) is 0. The average Bonchev–Trinajstić information content (AvgIpc) is 3.29. The molecule has 6 aromatic rings. The maximum absolute atomic E-state index is 4.88. The molecule has 2 nitrogen and oxygen atoms in total. The second kappa shape index (κ2) is 7.95. The molecule has 0 atom stereocenters. The second-order valence-corrected chi connectivity index (χ2v) is 8.74. The van der Waals surface area contributed by atoms with Crippen molar-refractivity contribution in [2.75, 3.05) is 4.90 Å². The van der Waals surface area contributed by atoms with Crippen molar-refractivity contribution in [1.29, 1.82) is 0 Å². The van der Waals surface area contributed by atoms with Crippen LogP contribution in [0.25, 0.3) is 31.6 Å². The number of fused-ring (bicyclic) bond motifs is 2. The minimum atomic E-state index is 1.03. The van der Waals surface area contributed by atoms with E-state index in [1.54, 1.807) is 11.3 Å². The normalized spacial score (nSPS) is 11.1. The number of hydrogen-bond donors (Lipinski definition) is 0. The van der Waals surface area contributed by atoms with Crippen LogP contribution in [0.15, 0.2) is 121 Å². The van der Waals surface area contributed by atoms with E-state index in [-0.39, 0.29) is 0 Å². The van der Waals surface area contributed by atoms with E-state index >= 15 is 0 Å². The third kappa shape index (κ3) is 3.33. The molecule has 0 radical (unpaired) electrons. The van der Waals surface area contributed by atoms with Crippen LogP contribution in [0.5, 0.6) is 0 Å². The van der Waals surface area contributed by atoms with Crippen molar-refractivity contribution < 1.29 is 0 Å². The molecule has 0 spiro atoms. The zero-order valence-corrected chi connectivity index (χ0v) is 18.2. The molecule has 1 aromatic heterocycles. The molecule has 5 aromatic carbocycles. The van der Waals surface area contributed by atoms with Crippen molar-refractivity contribution >= 4 is 49.4 Å². The summed E-state index contributed by atoms with van der Waals surface area (Å²) in [7, 11) is 0. The van der Waals surface area contributed by atoms with Crippen LogP contribution < -0.4 is 4.90 Å². The Kier molecular flexibility index (Phi) is 4.67. The molecule has 6 rings (SSSR count). The topological polar surface area (TPSA) is 16.1 Å². The number of rotatable bonds is 4. The first kappa shape index (κ1) is 18.8. The van der Waals surface area contributed by atoms with Gasteiger partial charge < -0.3 is 4.90 Å². The Labute approximate surface area is 191 Å². The lowest BCUT2D eigenvalue weighted by atomic mass is 10.1. The largest absolute Gasteiger partial charge is 0.310 e. The smallest absolute Gasteiger partial charge is 0.124 e. The first-order valence-electron chi connectivity index (χ1n) is 10.7. The van der Waals surface area contributed by atoms with Gasteiger partial charge in [-0.2, -0.15) is 0 Å². The molecule has 0 saturated carbocycles. The number of aromatic nitrogens is 1. The molecule has 32 heavy (non-hydrogen) atoms. The van der Waals surface area contributed by atoms with Gasteiger partial charge in [-0.3, -0.25) is 0 Å². The van der Waals surface area contributed by atoms with E-state index in [4.69, 9.17) is 4.98 Å². The minimum absolute atomic E-state index is 1.03. The standard InChI is InChI=1S/C29H20N2S/c1-3-11-22(12-4-1)29-30-26-19-18-24(20-28(26)32-29)31(23-14-5-2-6-15-23)27-17-9-13-21-10-7-8-16-25(21)27/h1-20H. The van der Waals surface area contributed by atoms with E-state index in [9.17, 15) is 0 Å². The Hall–Kier alpha value is -3.95. The highest BCUT2D eigenvalue weighted by molar-refractivity contribution is 7.21. The van der Waals surface area contributed by atoms with Crippen molar-refractivity contribution in [2.24, 2.45) is 0 Å². The lowest BCUT2D eigenvalue weighted by Gasteiger charge is -2.26. The van der Waals surface area contributed by atoms with Crippen LogP contribution in [0.1, 0.15) is 0 Å². The molecule has 0 N–H and O–H groups in total. The molecular formula is C29H20N2S. The van der Waals surface area contributed by atoms with Crippen LogP contribution in [0.4, 0.5) is 17.1 Å². The fourth-order valence-corrected chi connectivity index (χ4v) is 5.17. The molecule has 0 fully saturated rings. The van der Waals surface area contributed by atoms with Gasteiger partial charge in [-0.05, 0) is 41.8 Å². The Morgan fingerprint density at radius 3 is 2.16 bits per heavy atom. The van der Waals surface area contributed by atoms with Crippen molar-refractivity contribution in [3.05, 3.63) is 121 Å². The van der Waals surface area contributed by atoms with Gasteiger partial charge >= 0.3 is 0 Å². The Morgan fingerprint density at radius 1 is 0.594 bits per heavy atom. The molecule has 3 heteroatoms. The van der Waals surface area contributed by atoms with Crippen molar-refractivity contribution in [3.8, 4) is 10.6 Å². The number of anilines is 3. The highest BCUT2D eigenvalue weighted by Gasteiger charge is 2.16. The van der Waals surface area contributed by atoms with Crippen LogP contribution in [0, 0.1) is 0 Å². The SMILES string of the molecule is c1ccc(-c2nc3ccc(N(c4ccccc4)c4cccc5ccccc45)cc3s2)cc1. The van der Waals surface area contributed by atoms with Gasteiger partial charge in [0.1, 0.15) is 5.01 Å². The van der Waals surface area contributed by atoms with Gasteiger partial charge in [-0.15, -0.1) is 11.3 Å². The molecular weight excluding hydrogens is 408 g/mol. The average molecular weight is 429 g/mol. The zero-order chi connectivity index (χ0) is 21.3. The van der Waals surface area contributed by atoms with Crippen LogP contribution >= 0.6 is 11.3 Å². The van der Waals surface area contributed by atoms with E-state index < -0.39 is 0 Å². The van der Waals surface area contributed by atoms with Crippen LogP contribution in [0.2, 0.25) is 0 Å². The number of benzene rings is 5. The first-order chi connectivity index (χ1) is 15.9. The predicted octanol–water partition coefficient (Wildman–Crippen LogP) is 8.59. The fourth-order valence-electron chi connectivity index (χ4n) is 4.16.